The van der Waals surface area contributed by atoms with Gasteiger partial charge in [-0.2, -0.15) is 0 Å². The first kappa shape index (κ1) is 12.4. The Morgan fingerprint density at radius 1 is 1.24 bits per heavy atom. The molecule has 0 N–H and O–H groups in total. The van der Waals surface area contributed by atoms with Crippen LogP contribution in [0, 0.1) is 6.92 Å². The van der Waals surface area contributed by atoms with Crippen LogP contribution in [0.1, 0.15) is 32.3 Å². The Balaban J connectivity index is 2.73. The smallest absolute Gasteiger partial charge is 0.160 e. The summed E-state index contributed by atoms with van der Waals surface area (Å²) < 4.78 is 2.19. The van der Waals surface area contributed by atoms with Crippen molar-refractivity contribution in [2.24, 2.45) is 0 Å². The predicted octanol–water partition coefficient (Wildman–Crippen LogP) is 3.28. The van der Waals surface area contributed by atoms with Crippen molar-refractivity contribution < 1.29 is 0 Å². The van der Waals surface area contributed by atoms with Crippen LogP contribution in [-0.4, -0.2) is 20.4 Å². The molecule has 0 aliphatic carbocycles. The maximum Gasteiger partial charge on any atom is 0.160 e. The number of hydrogen-bond donors (Lipinski definition) is 0. The van der Waals surface area contributed by atoms with Crippen LogP contribution in [-0.2, 0) is 12.0 Å². The lowest BCUT2D eigenvalue weighted by molar-refractivity contribution is 0.393. The van der Waals surface area contributed by atoms with Gasteiger partial charge in [0, 0.05) is 23.5 Å². The molecule has 0 atom stereocenters. The van der Waals surface area contributed by atoms with E-state index in [9.17, 15) is 0 Å². The first-order valence-corrected chi connectivity index (χ1v) is 6.38. The Morgan fingerprint density at radius 3 is 2.53 bits per heavy atom. The van der Waals surface area contributed by atoms with Gasteiger partial charge in [0.15, 0.2) is 5.65 Å². The normalized spacial score (nSPS) is 12.3. The van der Waals surface area contributed by atoms with E-state index in [1.165, 1.54) is 0 Å². The van der Waals surface area contributed by atoms with Gasteiger partial charge in [-0.1, -0.05) is 0 Å². The molecule has 0 saturated heterocycles. The van der Waals surface area contributed by atoms with E-state index in [0.717, 1.165) is 29.1 Å². The molecule has 0 fully saturated rings. The maximum absolute atomic E-state index is 5.84. The molecule has 0 aliphatic rings. The molecule has 0 aromatic carbocycles. The molecule has 17 heavy (non-hydrogen) atoms. The van der Waals surface area contributed by atoms with Gasteiger partial charge in [0.2, 0.25) is 0 Å². The topological polar surface area (TPSA) is 30.7 Å². The third-order valence-electron chi connectivity index (χ3n) is 2.70. The minimum Gasteiger partial charge on any atom is -0.307 e. The molecule has 0 amide bonds. The highest BCUT2D eigenvalue weighted by atomic mass is 35.5. The van der Waals surface area contributed by atoms with Crippen molar-refractivity contribution >= 4 is 22.8 Å². The van der Waals surface area contributed by atoms with E-state index in [4.69, 9.17) is 11.6 Å². The number of halogens is 1. The van der Waals surface area contributed by atoms with Crippen molar-refractivity contribution in [2.75, 3.05) is 5.88 Å². The van der Waals surface area contributed by atoms with Gasteiger partial charge in [-0.25, -0.2) is 9.97 Å². The summed E-state index contributed by atoms with van der Waals surface area (Å²) >= 11 is 5.84. The number of alkyl halides is 1. The van der Waals surface area contributed by atoms with Gasteiger partial charge in [-0.3, -0.25) is 0 Å². The quantitative estimate of drug-likeness (QED) is 0.767. The Hall–Kier alpha value is -1.09. The summed E-state index contributed by atoms with van der Waals surface area (Å²) in [4.78, 5) is 9.23. The highest BCUT2D eigenvalue weighted by Crippen LogP contribution is 2.24. The summed E-state index contributed by atoms with van der Waals surface area (Å²) in [6.45, 7) is 8.49. The van der Waals surface area contributed by atoms with Crippen LogP contribution in [0.4, 0.5) is 0 Å². The van der Waals surface area contributed by atoms with Gasteiger partial charge in [0.1, 0.15) is 11.3 Å². The Labute approximate surface area is 107 Å². The van der Waals surface area contributed by atoms with Gasteiger partial charge in [-0.15, -0.1) is 11.6 Å². The minimum atomic E-state index is -0.0308. The molecule has 2 aromatic heterocycles. The maximum atomic E-state index is 5.84. The second kappa shape index (κ2) is 4.30. The Kier molecular flexibility index (Phi) is 3.13. The summed E-state index contributed by atoms with van der Waals surface area (Å²) in [7, 11) is 0. The lowest BCUT2D eigenvalue weighted by atomic mass is 10.1. The van der Waals surface area contributed by atoms with Crippen molar-refractivity contribution in [1.82, 2.24) is 14.5 Å². The molecule has 92 valence electrons. The number of hydrogen-bond acceptors (Lipinski definition) is 2. The van der Waals surface area contributed by atoms with Crippen LogP contribution in [0.2, 0.25) is 0 Å². The molecule has 2 heterocycles. The van der Waals surface area contributed by atoms with Gasteiger partial charge in [0.05, 0.1) is 0 Å². The molecule has 0 aliphatic heterocycles. The lowest BCUT2D eigenvalue weighted by Crippen LogP contribution is -2.24. The largest absolute Gasteiger partial charge is 0.307 e. The summed E-state index contributed by atoms with van der Waals surface area (Å²) in [6.07, 6.45) is 0.772. The number of pyridine rings is 1. The van der Waals surface area contributed by atoms with Crippen LogP contribution < -0.4 is 0 Å². The Bertz CT molecular complexity index is 537. The zero-order valence-corrected chi connectivity index (χ0v) is 11.5. The molecule has 0 radical (unpaired) electrons. The molecular formula is C13H18ClN3. The number of aryl methyl sites for hydroxylation is 2. The fraction of sp³-hybridized carbons (Fsp3) is 0.538. The second-order valence-electron chi connectivity index (χ2n) is 5.27. The zero-order valence-electron chi connectivity index (χ0n) is 10.8. The molecule has 0 spiro atoms. The van der Waals surface area contributed by atoms with Crippen molar-refractivity contribution in [1.29, 1.82) is 0 Å². The fourth-order valence-electron chi connectivity index (χ4n) is 2.06. The first-order valence-electron chi connectivity index (χ1n) is 5.85. The molecule has 0 saturated carbocycles. The van der Waals surface area contributed by atoms with Gasteiger partial charge < -0.3 is 4.57 Å². The standard InChI is InChI=1S/C13H18ClN3/c1-9-5-6-10-12(15-9)17(13(2,3)4)11(16-10)7-8-14/h5-6H,7-8H2,1-4H3. The summed E-state index contributed by atoms with van der Waals surface area (Å²) in [5.74, 6) is 1.60. The SMILES string of the molecule is Cc1ccc2nc(CCCl)n(C(C)(C)C)c2n1. The van der Waals surface area contributed by atoms with E-state index in [2.05, 4.69) is 35.3 Å². The van der Waals surface area contributed by atoms with E-state index in [0.29, 0.717) is 5.88 Å². The molecule has 0 bridgehead atoms. The number of rotatable bonds is 2. The van der Waals surface area contributed by atoms with E-state index < -0.39 is 0 Å². The van der Waals surface area contributed by atoms with E-state index in [1.807, 2.05) is 19.1 Å². The van der Waals surface area contributed by atoms with Gasteiger partial charge >= 0.3 is 0 Å². The highest BCUT2D eigenvalue weighted by Gasteiger charge is 2.21. The molecule has 0 unspecified atom stereocenters. The van der Waals surface area contributed by atoms with Gasteiger partial charge in [-0.05, 0) is 39.8 Å². The number of imidazole rings is 1. The Morgan fingerprint density at radius 2 is 1.94 bits per heavy atom. The average Bonchev–Trinajstić information content (AvgIpc) is 2.54. The number of fused-ring (bicyclic) bond motifs is 1. The minimum absolute atomic E-state index is 0.0308. The van der Waals surface area contributed by atoms with E-state index in [-0.39, 0.29) is 5.54 Å². The van der Waals surface area contributed by atoms with E-state index in [1.54, 1.807) is 0 Å². The molecule has 3 nitrogen and oxygen atoms in total. The van der Waals surface area contributed by atoms with Crippen molar-refractivity contribution in [3.05, 3.63) is 23.7 Å². The zero-order chi connectivity index (χ0) is 12.6. The van der Waals surface area contributed by atoms with Crippen molar-refractivity contribution in [3.8, 4) is 0 Å². The van der Waals surface area contributed by atoms with Gasteiger partial charge in [0.25, 0.3) is 0 Å². The molecule has 2 aromatic rings. The molecule has 4 heteroatoms. The third-order valence-corrected chi connectivity index (χ3v) is 2.89. The number of nitrogens with zero attached hydrogens (tertiary/aromatic N) is 3. The number of aromatic nitrogens is 3. The molecular weight excluding hydrogens is 234 g/mol. The monoisotopic (exact) mass is 251 g/mol. The second-order valence-corrected chi connectivity index (χ2v) is 5.65. The van der Waals surface area contributed by atoms with Crippen LogP contribution in [0.25, 0.3) is 11.2 Å². The van der Waals surface area contributed by atoms with Crippen LogP contribution in [0.5, 0.6) is 0 Å². The van der Waals surface area contributed by atoms with Crippen molar-refractivity contribution in [2.45, 2.75) is 39.7 Å². The lowest BCUT2D eigenvalue weighted by Gasteiger charge is -2.23. The average molecular weight is 252 g/mol. The van der Waals surface area contributed by atoms with Crippen LogP contribution in [0.3, 0.4) is 0 Å². The fourth-order valence-corrected chi connectivity index (χ4v) is 2.22. The van der Waals surface area contributed by atoms with Crippen LogP contribution >= 0.6 is 11.6 Å². The summed E-state index contributed by atoms with van der Waals surface area (Å²) in [5.41, 5.74) is 2.89. The third kappa shape index (κ3) is 2.29. The van der Waals surface area contributed by atoms with Crippen molar-refractivity contribution in [3.63, 3.8) is 0 Å². The summed E-state index contributed by atoms with van der Waals surface area (Å²) in [6, 6.07) is 4.02. The molecule has 2 rings (SSSR count). The first-order chi connectivity index (χ1) is 7.93. The van der Waals surface area contributed by atoms with Crippen LogP contribution in [0.15, 0.2) is 12.1 Å². The summed E-state index contributed by atoms with van der Waals surface area (Å²) in [5, 5.41) is 0. The highest BCUT2D eigenvalue weighted by molar-refractivity contribution is 6.17. The predicted molar refractivity (Wildman–Crippen MR) is 71.7 cm³/mol. The van der Waals surface area contributed by atoms with E-state index >= 15 is 0 Å².